The lowest BCUT2D eigenvalue weighted by molar-refractivity contribution is -0.128. The van der Waals surface area contributed by atoms with E-state index in [9.17, 15) is 4.79 Å². The molecule has 2 unspecified atom stereocenters. The zero-order valence-electron chi connectivity index (χ0n) is 10.2. The molecule has 2 atom stereocenters. The van der Waals surface area contributed by atoms with Crippen molar-refractivity contribution in [2.24, 2.45) is 11.7 Å². The lowest BCUT2D eigenvalue weighted by Crippen LogP contribution is -2.50. The van der Waals surface area contributed by atoms with Gasteiger partial charge in [-0.1, -0.05) is 19.8 Å². The van der Waals surface area contributed by atoms with Gasteiger partial charge in [-0.15, -0.1) is 0 Å². The minimum atomic E-state index is -0.103. The first-order valence-corrected chi connectivity index (χ1v) is 6.04. The number of amides is 1. The first kappa shape index (κ1) is 12.5. The normalized spacial score (nSPS) is 27.5. The molecule has 15 heavy (non-hydrogen) atoms. The molecular weight excluding hydrogens is 188 g/mol. The van der Waals surface area contributed by atoms with Gasteiger partial charge in [-0.2, -0.15) is 0 Å². The lowest BCUT2D eigenvalue weighted by atomic mass is 9.84. The van der Waals surface area contributed by atoms with Gasteiger partial charge in [-0.3, -0.25) is 4.79 Å². The van der Waals surface area contributed by atoms with E-state index >= 15 is 0 Å². The number of rotatable bonds is 3. The molecular formula is C12H24N2O. The van der Waals surface area contributed by atoms with E-state index in [-0.39, 0.29) is 23.4 Å². The van der Waals surface area contributed by atoms with Crippen molar-refractivity contribution < 1.29 is 4.79 Å². The van der Waals surface area contributed by atoms with Crippen LogP contribution in [-0.4, -0.2) is 17.5 Å². The SMILES string of the molecule is CCC(C)(C)NC(=O)C1CCCCC1N. The minimum absolute atomic E-state index is 0.0320. The largest absolute Gasteiger partial charge is 0.351 e. The highest BCUT2D eigenvalue weighted by Gasteiger charge is 2.30. The summed E-state index contributed by atoms with van der Waals surface area (Å²) in [5, 5.41) is 3.09. The summed E-state index contributed by atoms with van der Waals surface area (Å²) in [7, 11) is 0. The summed E-state index contributed by atoms with van der Waals surface area (Å²) >= 11 is 0. The molecule has 0 aromatic carbocycles. The number of hydrogen-bond acceptors (Lipinski definition) is 2. The topological polar surface area (TPSA) is 55.1 Å². The Labute approximate surface area is 92.8 Å². The van der Waals surface area contributed by atoms with Crippen LogP contribution >= 0.6 is 0 Å². The molecule has 3 nitrogen and oxygen atoms in total. The highest BCUT2D eigenvalue weighted by molar-refractivity contribution is 5.80. The van der Waals surface area contributed by atoms with E-state index in [2.05, 4.69) is 26.1 Å². The van der Waals surface area contributed by atoms with Crippen molar-refractivity contribution in [3.8, 4) is 0 Å². The van der Waals surface area contributed by atoms with E-state index in [1.54, 1.807) is 0 Å². The van der Waals surface area contributed by atoms with E-state index in [0.717, 1.165) is 25.7 Å². The van der Waals surface area contributed by atoms with E-state index in [1.165, 1.54) is 6.42 Å². The average Bonchev–Trinajstić information content (AvgIpc) is 2.17. The van der Waals surface area contributed by atoms with Crippen molar-refractivity contribution in [2.45, 2.75) is 64.5 Å². The van der Waals surface area contributed by atoms with Crippen LogP contribution in [0.4, 0.5) is 0 Å². The van der Waals surface area contributed by atoms with Gasteiger partial charge in [0.1, 0.15) is 0 Å². The molecule has 1 aliphatic carbocycles. The quantitative estimate of drug-likeness (QED) is 0.749. The maximum absolute atomic E-state index is 12.0. The van der Waals surface area contributed by atoms with Crippen molar-refractivity contribution in [1.29, 1.82) is 0 Å². The Morgan fingerprint density at radius 3 is 2.53 bits per heavy atom. The highest BCUT2D eigenvalue weighted by atomic mass is 16.2. The van der Waals surface area contributed by atoms with Crippen LogP contribution in [0.2, 0.25) is 0 Å². The molecule has 88 valence electrons. The van der Waals surface area contributed by atoms with Gasteiger partial charge in [-0.05, 0) is 33.1 Å². The predicted molar refractivity (Wildman–Crippen MR) is 62.4 cm³/mol. The van der Waals surface area contributed by atoms with E-state index < -0.39 is 0 Å². The summed E-state index contributed by atoms with van der Waals surface area (Å²) in [5.41, 5.74) is 5.88. The van der Waals surface area contributed by atoms with Crippen molar-refractivity contribution in [3.63, 3.8) is 0 Å². The van der Waals surface area contributed by atoms with Gasteiger partial charge in [0.15, 0.2) is 0 Å². The molecule has 1 fully saturated rings. The summed E-state index contributed by atoms with van der Waals surface area (Å²) in [6, 6.07) is 0.0615. The number of carbonyl (C=O) groups excluding carboxylic acids is 1. The molecule has 0 saturated heterocycles. The molecule has 0 aromatic heterocycles. The highest BCUT2D eigenvalue weighted by Crippen LogP contribution is 2.24. The van der Waals surface area contributed by atoms with Crippen LogP contribution in [0.25, 0.3) is 0 Å². The summed E-state index contributed by atoms with van der Waals surface area (Å²) in [4.78, 5) is 12.0. The van der Waals surface area contributed by atoms with E-state index in [4.69, 9.17) is 5.73 Å². The molecule has 0 heterocycles. The van der Waals surface area contributed by atoms with Crippen LogP contribution in [0, 0.1) is 5.92 Å². The molecule has 0 radical (unpaired) electrons. The molecule has 1 amide bonds. The second kappa shape index (κ2) is 4.97. The fraction of sp³-hybridized carbons (Fsp3) is 0.917. The number of hydrogen-bond donors (Lipinski definition) is 2. The van der Waals surface area contributed by atoms with Crippen LogP contribution in [0.1, 0.15) is 52.9 Å². The molecule has 1 rings (SSSR count). The number of carbonyl (C=O) groups is 1. The third-order valence-corrected chi connectivity index (χ3v) is 3.50. The standard InChI is InChI=1S/C12H24N2O/c1-4-12(2,3)14-11(15)9-7-5-6-8-10(9)13/h9-10H,4-8,13H2,1-3H3,(H,14,15). The van der Waals surface area contributed by atoms with Crippen LogP contribution in [0.5, 0.6) is 0 Å². The van der Waals surface area contributed by atoms with Gasteiger partial charge >= 0.3 is 0 Å². The average molecular weight is 212 g/mol. The zero-order valence-corrected chi connectivity index (χ0v) is 10.2. The Kier molecular flexibility index (Phi) is 4.14. The maximum Gasteiger partial charge on any atom is 0.225 e. The van der Waals surface area contributed by atoms with Gasteiger partial charge in [0.2, 0.25) is 5.91 Å². The van der Waals surface area contributed by atoms with Gasteiger partial charge in [0, 0.05) is 11.6 Å². The maximum atomic E-state index is 12.0. The summed E-state index contributed by atoms with van der Waals surface area (Å²) in [5.74, 6) is 0.179. The fourth-order valence-electron chi connectivity index (χ4n) is 2.00. The fourth-order valence-corrected chi connectivity index (χ4v) is 2.00. The summed E-state index contributed by atoms with van der Waals surface area (Å²) < 4.78 is 0. The van der Waals surface area contributed by atoms with Gasteiger partial charge in [0.05, 0.1) is 5.92 Å². The Hall–Kier alpha value is -0.570. The smallest absolute Gasteiger partial charge is 0.225 e. The minimum Gasteiger partial charge on any atom is -0.351 e. The third kappa shape index (κ3) is 3.49. The number of nitrogens with two attached hydrogens (primary N) is 1. The molecule has 3 heteroatoms. The zero-order chi connectivity index (χ0) is 11.5. The molecule has 0 spiro atoms. The molecule has 1 aliphatic rings. The van der Waals surface area contributed by atoms with Gasteiger partial charge < -0.3 is 11.1 Å². The van der Waals surface area contributed by atoms with E-state index in [1.807, 2.05) is 0 Å². The Balaban J connectivity index is 2.52. The van der Waals surface area contributed by atoms with Crippen LogP contribution in [-0.2, 0) is 4.79 Å². The molecule has 0 aliphatic heterocycles. The predicted octanol–water partition coefficient (Wildman–Crippen LogP) is 1.81. The van der Waals surface area contributed by atoms with Crippen LogP contribution < -0.4 is 11.1 Å². The lowest BCUT2D eigenvalue weighted by Gasteiger charge is -2.32. The third-order valence-electron chi connectivity index (χ3n) is 3.50. The van der Waals surface area contributed by atoms with Gasteiger partial charge in [0.25, 0.3) is 0 Å². The Morgan fingerprint density at radius 1 is 1.40 bits per heavy atom. The van der Waals surface area contributed by atoms with Crippen LogP contribution in [0.15, 0.2) is 0 Å². The monoisotopic (exact) mass is 212 g/mol. The Morgan fingerprint density at radius 2 is 2.00 bits per heavy atom. The first-order valence-electron chi connectivity index (χ1n) is 6.04. The van der Waals surface area contributed by atoms with Crippen LogP contribution in [0.3, 0.4) is 0 Å². The summed E-state index contributed by atoms with van der Waals surface area (Å²) in [6.07, 6.45) is 5.19. The molecule has 1 saturated carbocycles. The van der Waals surface area contributed by atoms with Crippen molar-refractivity contribution in [3.05, 3.63) is 0 Å². The number of nitrogens with one attached hydrogen (secondary N) is 1. The van der Waals surface area contributed by atoms with E-state index in [0.29, 0.717) is 0 Å². The summed E-state index contributed by atoms with van der Waals surface area (Å²) in [6.45, 7) is 6.19. The molecule has 0 bridgehead atoms. The second-order valence-electron chi connectivity index (χ2n) is 5.28. The second-order valence-corrected chi connectivity index (χ2v) is 5.28. The molecule has 3 N–H and O–H groups in total. The Bertz CT molecular complexity index is 226. The van der Waals surface area contributed by atoms with Crippen molar-refractivity contribution in [1.82, 2.24) is 5.32 Å². The van der Waals surface area contributed by atoms with Crippen molar-refractivity contribution in [2.75, 3.05) is 0 Å². The van der Waals surface area contributed by atoms with Crippen molar-refractivity contribution >= 4 is 5.91 Å². The first-order chi connectivity index (χ1) is 6.96. The van der Waals surface area contributed by atoms with Gasteiger partial charge in [-0.25, -0.2) is 0 Å². The molecule has 0 aromatic rings.